The fourth-order valence-corrected chi connectivity index (χ4v) is 3.08. The Labute approximate surface area is 129 Å². The zero-order valence-corrected chi connectivity index (χ0v) is 12.8. The molecule has 1 aliphatic rings. The van der Waals surface area contributed by atoms with Crippen LogP contribution in [0.4, 0.5) is 0 Å². The lowest BCUT2D eigenvalue weighted by Crippen LogP contribution is -2.46. The molecule has 1 aromatic rings. The molecule has 1 aliphatic heterocycles. The van der Waals surface area contributed by atoms with Crippen molar-refractivity contribution in [2.45, 2.75) is 38.6 Å². The van der Waals surface area contributed by atoms with Gasteiger partial charge >= 0.3 is 5.97 Å². The van der Waals surface area contributed by atoms with Gasteiger partial charge in [-0.15, -0.1) is 0 Å². The fourth-order valence-electron chi connectivity index (χ4n) is 2.85. The van der Waals surface area contributed by atoms with Crippen LogP contribution in [0.25, 0.3) is 0 Å². The van der Waals surface area contributed by atoms with Crippen molar-refractivity contribution in [3.05, 3.63) is 34.9 Å². The normalized spacial score (nSPS) is 22.1. The van der Waals surface area contributed by atoms with Crippen LogP contribution < -0.4 is 0 Å². The number of amides is 1. The molecule has 1 amide bonds. The molecule has 0 spiro atoms. The van der Waals surface area contributed by atoms with Crippen molar-refractivity contribution < 1.29 is 14.7 Å². The summed E-state index contributed by atoms with van der Waals surface area (Å²) in [5.41, 5.74) is 0.973. The van der Waals surface area contributed by atoms with Crippen molar-refractivity contribution in [2.75, 3.05) is 6.54 Å². The van der Waals surface area contributed by atoms with Crippen molar-refractivity contribution in [3.8, 4) is 0 Å². The Bertz CT molecular complexity index is 532. The number of carboxylic acid groups (broad SMARTS) is 1. The van der Waals surface area contributed by atoms with Gasteiger partial charge in [-0.1, -0.05) is 29.8 Å². The molecule has 1 aromatic carbocycles. The van der Waals surface area contributed by atoms with Crippen LogP contribution in [-0.4, -0.2) is 34.5 Å². The second kappa shape index (κ2) is 6.94. The van der Waals surface area contributed by atoms with Gasteiger partial charge in [0.2, 0.25) is 5.91 Å². The largest absolute Gasteiger partial charge is 0.481 e. The summed E-state index contributed by atoms with van der Waals surface area (Å²) in [6.45, 7) is 2.45. The summed E-state index contributed by atoms with van der Waals surface area (Å²) >= 11 is 6.09. The number of benzene rings is 1. The number of piperidine rings is 1. The van der Waals surface area contributed by atoms with Gasteiger partial charge in [0.15, 0.2) is 0 Å². The van der Waals surface area contributed by atoms with Gasteiger partial charge < -0.3 is 10.0 Å². The maximum Gasteiger partial charge on any atom is 0.306 e. The minimum Gasteiger partial charge on any atom is -0.481 e. The molecule has 21 heavy (non-hydrogen) atoms. The number of rotatable bonds is 4. The summed E-state index contributed by atoms with van der Waals surface area (Å²) in [5, 5.41) is 9.73. The molecule has 1 N–H and O–H groups in total. The van der Waals surface area contributed by atoms with Gasteiger partial charge in [-0.2, -0.15) is 0 Å². The van der Waals surface area contributed by atoms with E-state index in [2.05, 4.69) is 0 Å². The molecular formula is C16H20ClNO3. The van der Waals surface area contributed by atoms with Gasteiger partial charge in [0, 0.05) is 24.0 Å². The number of carboxylic acids is 1. The van der Waals surface area contributed by atoms with E-state index in [-0.39, 0.29) is 17.9 Å². The maximum absolute atomic E-state index is 12.3. The van der Waals surface area contributed by atoms with Gasteiger partial charge in [-0.05, 0) is 37.8 Å². The van der Waals surface area contributed by atoms with E-state index >= 15 is 0 Å². The molecular weight excluding hydrogens is 290 g/mol. The average molecular weight is 310 g/mol. The van der Waals surface area contributed by atoms with Gasteiger partial charge in [0.25, 0.3) is 0 Å². The van der Waals surface area contributed by atoms with E-state index in [0.717, 1.165) is 5.56 Å². The maximum atomic E-state index is 12.3. The Morgan fingerprint density at radius 2 is 2.10 bits per heavy atom. The first-order valence-corrected chi connectivity index (χ1v) is 7.62. The van der Waals surface area contributed by atoms with Crippen molar-refractivity contribution in [1.29, 1.82) is 0 Å². The van der Waals surface area contributed by atoms with Crippen LogP contribution in [0, 0.1) is 5.92 Å². The van der Waals surface area contributed by atoms with Gasteiger partial charge in [0.05, 0.1) is 5.92 Å². The molecule has 0 radical (unpaired) electrons. The highest BCUT2D eigenvalue weighted by molar-refractivity contribution is 6.31. The topological polar surface area (TPSA) is 57.6 Å². The van der Waals surface area contributed by atoms with Crippen LogP contribution >= 0.6 is 11.6 Å². The first kappa shape index (κ1) is 15.8. The van der Waals surface area contributed by atoms with E-state index in [9.17, 15) is 9.59 Å². The molecule has 1 fully saturated rings. The summed E-state index contributed by atoms with van der Waals surface area (Å²) in [7, 11) is 0. The number of carbonyl (C=O) groups is 2. The monoisotopic (exact) mass is 309 g/mol. The number of nitrogens with zero attached hydrogens (tertiary/aromatic N) is 1. The molecule has 0 bridgehead atoms. The molecule has 2 unspecified atom stereocenters. The van der Waals surface area contributed by atoms with Crippen LogP contribution in [0.2, 0.25) is 5.02 Å². The molecule has 5 heteroatoms. The fraction of sp³-hybridized carbons (Fsp3) is 0.500. The summed E-state index contributed by atoms with van der Waals surface area (Å²) in [4.78, 5) is 25.1. The number of aryl methyl sites for hydroxylation is 1. The number of aliphatic carboxylic acids is 1. The first-order chi connectivity index (χ1) is 9.99. The summed E-state index contributed by atoms with van der Waals surface area (Å²) in [6, 6.07) is 7.51. The molecule has 1 heterocycles. The Morgan fingerprint density at radius 3 is 2.71 bits per heavy atom. The number of likely N-dealkylation sites (tertiary alicyclic amines) is 1. The summed E-state index contributed by atoms with van der Waals surface area (Å²) in [5.74, 6) is -1.01. The van der Waals surface area contributed by atoms with E-state index < -0.39 is 5.97 Å². The average Bonchev–Trinajstić information content (AvgIpc) is 2.46. The molecule has 2 rings (SSSR count). The molecule has 114 valence electrons. The predicted molar refractivity (Wildman–Crippen MR) is 81.3 cm³/mol. The quantitative estimate of drug-likeness (QED) is 0.930. The number of halogens is 1. The van der Waals surface area contributed by atoms with E-state index in [1.807, 2.05) is 31.2 Å². The van der Waals surface area contributed by atoms with Crippen LogP contribution in [0.15, 0.2) is 24.3 Å². The molecule has 1 saturated heterocycles. The number of carbonyl (C=O) groups excluding carboxylic acids is 1. The molecule has 0 saturated carbocycles. The van der Waals surface area contributed by atoms with Crippen molar-refractivity contribution in [1.82, 2.24) is 4.90 Å². The number of hydrogen-bond acceptors (Lipinski definition) is 2. The lowest BCUT2D eigenvalue weighted by molar-refractivity contribution is -0.147. The third kappa shape index (κ3) is 3.97. The highest BCUT2D eigenvalue weighted by atomic mass is 35.5. The first-order valence-electron chi connectivity index (χ1n) is 7.24. The van der Waals surface area contributed by atoms with Crippen molar-refractivity contribution >= 4 is 23.5 Å². The second-order valence-corrected chi connectivity index (χ2v) is 5.99. The second-order valence-electron chi connectivity index (χ2n) is 5.59. The lowest BCUT2D eigenvalue weighted by Gasteiger charge is -2.36. The standard InChI is InChI=1S/C16H20ClNO3/c1-11-10-13(16(20)21)8-9-18(11)15(19)7-6-12-4-2-3-5-14(12)17/h2-5,11,13H,6-10H2,1H3,(H,20,21). The Kier molecular flexibility index (Phi) is 5.23. The van der Waals surface area contributed by atoms with E-state index in [0.29, 0.717) is 37.3 Å². The van der Waals surface area contributed by atoms with E-state index in [1.165, 1.54) is 0 Å². The van der Waals surface area contributed by atoms with Crippen LogP contribution in [0.3, 0.4) is 0 Å². The lowest BCUT2D eigenvalue weighted by atomic mass is 9.91. The van der Waals surface area contributed by atoms with Crippen molar-refractivity contribution in [3.63, 3.8) is 0 Å². The van der Waals surface area contributed by atoms with Gasteiger partial charge in [-0.3, -0.25) is 9.59 Å². The van der Waals surface area contributed by atoms with Crippen LogP contribution in [0.1, 0.15) is 31.7 Å². The summed E-state index contributed by atoms with van der Waals surface area (Å²) < 4.78 is 0. The predicted octanol–water partition coefficient (Wildman–Crippen LogP) is 2.98. The minimum absolute atomic E-state index is 0.0152. The van der Waals surface area contributed by atoms with E-state index in [4.69, 9.17) is 16.7 Å². The van der Waals surface area contributed by atoms with E-state index in [1.54, 1.807) is 4.90 Å². The highest BCUT2D eigenvalue weighted by Gasteiger charge is 2.31. The minimum atomic E-state index is -0.759. The van der Waals surface area contributed by atoms with Gasteiger partial charge in [-0.25, -0.2) is 0 Å². The Hall–Kier alpha value is -1.55. The highest BCUT2D eigenvalue weighted by Crippen LogP contribution is 2.24. The molecule has 4 nitrogen and oxygen atoms in total. The Morgan fingerprint density at radius 1 is 1.38 bits per heavy atom. The molecule has 0 aliphatic carbocycles. The van der Waals surface area contributed by atoms with Gasteiger partial charge in [0.1, 0.15) is 0 Å². The van der Waals surface area contributed by atoms with Crippen LogP contribution in [-0.2, 0) is 16.0 Å². The molecule has 0 aromatic heterocycles. The Balaban J connectivity index is 1.89. The summed E-state index contributed by atoms with van der Waals surface area (Å²) in [6.07, 6.45) is 2.10. The zero-order chi connectivity index (χ0) is 15.4. The third-order valence-corrected chi connectivity index (χ3v) is 4.48. The van der Waals surface area contributed by atoms with Crippen LogP contribution in [0.5, 0.6) is 0 Å². The zero-order valence-electron chi connectivity index (χ0n) is 12.1. The SMILES string of the molecule is CC1CC(C(=O)O)CCN1C(=O)CCc1ccccc1Cl. The smallest absolute Gasteiger partial charge is 0.306 e. The van der Waals surface area contributed by atoms with Crippen molar-refractivity contribution in [2.24, 2.45) is 5.92 Å². The molecule has 2 atom stereocenters. The third-order valence-electron chi connectivity index (χ3n) is 4.11. The number of hydrogen-bond donors (Lipinski definition) is 1.